The number of alkyl halides is 2. The van der Waals surface area contributed by atoms with Crippen LogP contribution < -0.4 is 5.32 Å². The van der Waals surface area contributed by atoms with E-state index in [0.717, 1.165) is 11.1 Å². The number of benzene rings is 2. The fraction of sp³-hybridized carbons (Fsp3) is 0.316. The molecule has 2 aromatic rings. The normalized spacial score (nSPS) is 14.7. The van der Waals surface area contributed by atoms with E-state index < -0.39 is 21.7 Å². The summed E-state index contributed by atoms with van der Waals surface area (Å²) in [5, 5.41) is 2.52. The maximum atomic E-state index is 12.6. The summed E-state index contributed by atoms with van der Waals surface area (Å²) in [4.78, 5) is 12.5. The SMILES string of the molecule is O=C(NCCS(=O)(=O)N1CCc2ccccc2C1)c1ccccc1SC(F)F. The van der Waals surface area contributed by atoms with Gasteiger partial charge < -0.3 is 5.32 Å². The number of carbonyl (C=O) groups is 1. The average molecular weight is 427 g/mol. The standard InChI is InChI=1S/C19H20F2N2O3S2/c20-19(21)27-17-8-4-3-7-16(17)18(24)22-10-12-28(25,26)23-11-9-14-5-1-2-6-15(14)13-23/h1-8,19H,9-13H2,(H,22,24). The highest BCUT2D eigenvalue weighted by molar-refractivity contribution is 7.99. The second kappa shape index (κ2) is 9.02. The second-order valence-corrected chi connectivity index (χ2v) is 9.42. The van der Waals surface area contributed by atoms with Crippen LogP contribution in [-0.4, -0.2) is 43.2 Å². The summed E-state index contributed by atoms with van der Waals surface area (Å²) >= 11 is 0.288. The van der Waals surface area contributed by atoms with Gasteiger partial charge in [-0.3, -0.25) is 4.79 Å². The predicted molar refractivity (Wildman–Crippen MR) is 105 cm³/mol. The van der Waals surface area contributed by atoms with E-state index in [0.29, 0.717) is 19.5 Å². The van der Waals surface area contributed by atoms with Gasteiger partial charge in [0.25, 0.3) is 11.7 Å². The molecule has 0 atom stereocenters. The van der Waals surface area contributed by atoms with Gasteiger partial charge in [0.05, 0.1) is 11.3 Å². The molecule has 0 saturated heterocycles. The van der Waals surface area contributed by atoms with Crippen molar-refractivity contribution in [2.24, 2.45) is 0 Å². The molecule has 2 aromatic carbocycles. The van der Waals surface area contributed by atoms with Crippen molar-refractivity contribution in [2.45, 2.75) is 23.6 Å². The quantitative estimate of drug-likeness (QED) is 0.691. The van der Waals surface area contributed by atoms with Gasteiger partial charge in [0.2, 0.25) is 10.0 Å². The monoisotopic (exact) mass is 426 g/mol. The zero-order chi connectivity index (χ0) is 20.1. The van der Waals surface area contributed by atoms with Crippen molar-refractivity contribution in [3.63, 3.8) is 0 Å². The minimum Gasteiger partial charge on any atom is -0.351 e. The van der Waals surface area contributed by atoms with Crippen molar-refractivity contribution in [2.75, 3.05) is 18.8 Å². The summed E-state index contributed by atoms with van der Waals surface area (Å²) in [5.74, 6) is -3.45. The number of carbonyl (C=O) groups excluding carboxylic acids is 1. The summed E-state index contributed by atoms with van der Waals surface area (Å²) in [6.07, 6.45) is 0.653. The van der Waals surface area contributed by atoms with Crippen molar-refractivity contribution < 1.29 is 22.0 Å². The average Bonchev–Trinajstić information content (AvgIpc) is 2.67. The molecule has 0 fully saturated rings. The minimum absolute atomic E-state index is 0.0903. The number of sulfonamides is 1. The van der Waals surface area contributed by atoms with Gasteiger partial charge in [-0.25, -0.2) is 8.42 Å². The number of rotatable bonds is 7. The zero-order valence-electron chi connectivity index (χ0n) is 15.0. The van der Waals surface area contributed by atoms with Gasteiger partial charge >= 0.3 is 0 Å². The number of thioether (sulfide) groups is 1. The Morgan fingerprint density at radius 3 is 2.54 bits per heavy atom. The summed E-state index contributed by atoms with van der Waals surface area (Å²) in [6, 6.07) is 13.7. The Morgan fingerprint density at radius 1 is 1.11 bits per heavy atom. The number of hydrogen-bond donors (Lipinski definition) is 1. The third-order valence-corrected chi connectivity index (χ3v) is 7.09. The van der Waals surface area contributed by atoms with Crippen LogP contribution in [0.5, 0.6) is 0 Å². The fourth-order valence-corrected chi connectivity index (χ4v) is 5.04. The van der Waals surface area contributed by atoms with E-state index in [9.17, 15) is 22.0 Å². The van der Waals surface area contributed by atoms with Crippen LogP contribution in [0.4, 0.5) is 8.78 Å². The molecule has 1 aliphatic rings. The van der Waals surface area contributed by atoms with Crippen molar-refractivity contribution in [1.29, 1.82) is 0 Å². The molecule has 9 heteroatoms. The Bertz CT molecular complexity index is 952. The summed E-state index contributed by atoms with van der Waals surface area (Å²) < 4.78 is 51.9. The molecular formula is C19H20F2N2O3S2. The Balaban J connectivity index is 1.58. The van der Waals surface area contributed by atoms with Crippen LogP contribution in [0.3, 0.4) is 0 Å². The van der Waals surface area contributed by atoms with Crippen molar-refractivity contribution in [3.05, 3.63) is 65.2 Å². The maximum absolute atomic E-state index is 12.6. The Morgan fingerprint density at radius 2 is 1.79 bits per heavy atom. The fourth-order valence-electron chi connectivity index (χ4n) is 3.08. The third kappa shape index (κ3) is 5.09. The van der Waals surface area contributed by atoms with E-state index in [1.54, 1.807) is 12.1 Å². The molecular weight excluding hydrogens is 406 g/mol. The molecule has 0 bridgehead atoms. The zero-order valence-corrected chi connectivity index (χ0v) is 16.6. The van der Waals surface area contributed by atoms with E-state index in [4.69, 9.17) is 0 Å². The lowest BCUT2D eigenvalue weighted by Gasteiger charge is -2.28. The predicted octanol–water partition coefficient (Wildman–Crippen LogP) is 3.12. The largest absolute Gasteiger partial charge is 0.351 e. The third-order valence-electron chi connectivity index (χ3n) is 4.48. The number of amides is 1. The molecule has 0 spiro atoms. The molecule has 1 N–H and O–H groups in total. The molecule has 0 saturated carbocycles. The Kier molecular flexibility index (Phi) is 6.69. The minimum atomic E-state index is -3.54. The highest BCUT2D eigenvalue weighted by Gasteiger charge is 2.26. The van der Waals surface area contributed by atoms with Gasteiger partial charge in [-0.2, -0.15) is 13.1 Å². The highest BCUT2D eigenvalue weighted by atomic mass is 32.2. The summed E-state index contributed by atoms with van der Waals surface area (Å²) in [5.41, 5.74) is 2.24. The van der Waals surface area contributed by atoms with E-state index in [2.05, 4.69) is 5.32 Å². The number of hydrogen-bond acceptors (Lipinski definition) is 4. The first kappa shape index (κ1) is 20.8. The number of halogens is 2. The molecule has 1 heterocycles. The van der Waals surface area contributed by atoms with Gasteiger partial charge in [0.15, 0.2) is 0 Å². The van der Waals surface area contributed by atoms with Crippen LogP contribution in [-0.2, 0) is 23.0 Å². The first-order valence-electron chi connectivity index (χ1n) is 8.73. The van der Waals surface area contributed by atoms with Gasteiger partial charge in [-0.1, -0.05) is 48.2 Å². The van der Waals surface area contributed by atoms with Crippen LogP contribution in [0.15, 0.2) is 53.4 Å². The Hall–Kier alpha value is -1.97. The highest BCUT2D eigenvalue weighted by Crippen LogP contribution is 2.28. The molecule has 28 heavy (non-hydrogen) atoms. The molecule has 0 unspecified atom stereocenters. The van der Waals surface area contributed by atoms with Gasteiger partial charge in [-0.05, 0) is 29.7 Å². The van der Waals surface area contributed by atoms with Gasteiger partial charge in [0, 0.05) is 24.5 Å². The number of nitrogens with one attached hydrogen (secondary N) is 1. The summed E-state index contributed by atoms with van der Waals surface area (Å²) in [6.45, 7) is 0.633. The van der Waals surface area contributed by atoms with Crippen molar-refractivity contribution >= 4 is 27.7 Å². The first-order chi connectivity index (χ1) is 13.4. The second-order valence-electron chi connectivity index (χ2n) is 6.30. The smallest absolute Gasteiger partial charge is 0.288 e. The lowest BCUT2D eigenvalue weighted by atomic mass is 10.0. The van der Waals surface area contributed by atoms with Crippen LogP contribution in [0.1, 0.15) is 21.5 Å². The van der Waals surface area contributed by atoms with E-state index >= 15 is 0 Å². The molecule has 5 nitrogen and oxygen atoms in total. The first-order valence-corrected chi connectivity index (χ1v) is 11.2. The molecule has 0 radical (unpaired) electrons. The van der Waals surface area contributed by atoms with E-state index in [1.165, 1.54) is 16.4 Å². The van der Waals surface area contributed by atoms with Gasteiger partial charge in [0.1, 0.15) is 0 Å². The molecule has 0 aromatic heterocycles. The molecule has 1 aliphatic heterocycles. The van der Waals surface area contributed by atoms with Crippen LogP contribution in [0, 0.1) is 0 Å². The van der Waals surface area contributed by atoms with Crippen LogP contribution in [0.2, 0.25) is 0 Å². The number of fused-ring (bicyclic) bond motifs is 1. The summed E-state index contributed by atoms with van der Waals surface area (Å²) in [7, 11) is -3.54. The van der Waals surface area contributed by atoms with Crippen LogP contribution >= 0.6 is 11.8 Å². The molecule has 150 valence electrons. The molecule has 3 rings (SSSR count). The van der Waals surface area contributed by atoms with E-state index in [1.807, 2.05) is 24.3 Å². The lowest BCUT2D eigenvalue weighted by molar-refractivity contribution is 0.0953. The van der Waals surface area contributed by atoms with Crippen molar-refractivity contribution in [1.82, 2.24) is 9.62 Å². The number of nitrogens with zero attached hydrogens (tertiary/aromatic N) is 1. The van der Waals surface area contributed by atoms with Crippen LogP contribution in [0.25, 0.3) is 0 Å². The van der Waals surface area contributed by atoms with Gasteiger partial charge in [-0.15, -0.1) is 0 Å². The Labute approximate surface area is 167 Å². The topological polar surface area (TPSA) is 66.5 Å². The van der Waals surface area contributed by atoms with Crippen molar-refractivity contribution in [3.8, 4) is 0 Å². The lowest BCUT2D eigenvalue weighted by Crippen LogP contribution is -2.40. The maximum Gasteiger partial charge on any atom is 0.288 e. The van der Waals surface area contributed by atoms with E-state index in [-0.39, 0.29) is 34.5 Å². The molecule has 1 amide bonds. The molecule has 0 aliphatic carbocycles.